The molecule has 0 radical (unpaired) electrons. The molecule has 18 heavy (non-hydrogen) atoms. The van der Waals surface area contributed by atoms with E-state index in [1.165, 1.54) is 0 Å². The lowest BCUT2D eigenvalue weighted by Crippen LogP contribution is -1.82. The van der Waals surface area contributed by atoms with Crippen LogP contribution in [0.25, 0.3) is 22.3 Å². The molecular weight excluding hydrogens is 244 g/mol. The van der Waals surface area contributed by atoms with Crippen molar-refractivity contribution in [3.63, 3.8) is 0 Å². The SMILES string of the molecule is Oc1c(-c2ccccc2)oc2ccccc2c1=S. The van der Waals surface area contributed by atoms with Crippen LogP contribution in [0.1, 0.15) is 0 Å². The molecule has 3 aromatic rings. The van der Waals surface area contributed by atoms with E-state index in [1.54, 1.807) is 0 Å². The van der Waals surface area contributed by atoms with E-state index in [1.807, 2.05) is 54.6 Å². The lowest BCUT2D eigenvalue weighted by molar-refractivity contribution is 0.452. The Labute approximate surface area is 109 Å². The van der Waals surface area contributed by atoms with Gasteiger partial charge in [-0.25, -0.2) is 0 Å². The van der Waals surface area contributed by atoms with Crippen molar-refractivity contribution >= 4 is 23.2 Å². The molecule has 0 amide bonds. The van der Waals surface area contributed by atoms with Gasteiger partial charge in [-0.1, -0.05) is 54.7 Å². The second-order valence-corrected chi connectivity index (χ2v) is 4.38. The molecule has 2 nitrogen and oxygen atoms in total. The molecule has 0 saturated carbocycles. The van der Waals surface area contributed by atoms with Crippen molar-refractivity contribution in [3.8, 4) is 17.1 Å². The van der Waals surface area contributed by atoms with E-state index in [0.717, 1.165) is 10.9 Å². The number of benzene rings is 2. The minimum absolute atomic E-state index is 0.0231. The average Bonchev–Trinajstić information content (AvgIpc) is 2.44. The second kappa shape index (κ2) is 4.27. The van der Waals surface area contributed by atoms with E-state index >= 15 is 0 Å². The number of aromatic hydroxyl groups is 1. The Bertz CT molecular complexity index is 760. The highest BCUT2D eigenvalue weighted by Gasteiger charge is 2.11. The summed E-state index contributed by atoms with van der Waals surface area (Å²) in [5.41, 5.74) is 1.49. The fourth-order valence-electron chi connectivity index (χ4n) is 1.92. The van der Waals surface area contributed by atoms with E-state index in [9.17, 15) is 5.11 Å². The molecule has 3 rings (SSSR count). The van der Waals surface area contributed by atoms with Gasteiger partial charge in [-0.3, -0.25) is 0 Å². The maximum Gasteiger partial charge on any atom is 0.178 e. The molecule has 1 N–H and O–H groups in total. The minimum atomic E-state index is 0.0231. The van der Waals surface area contributed by atoms with Crippen molar-refractivity contribution in [1.29, 1.82) is 0 Å². The first-order chi connectivity index (χ1) is 8.77. The first kappa shape index (κ1) is 11.0. The lowest BCUT2D eigenvalue weighted by atomic mass is 10.1. The fourth-order valence-corrected chi connectivity index (χ4v) is 2.18. The summed E-state index contributed by atoms with van der Waals surface area (Å²) in [6.07, 6.45) is 0. The van der Waals surface area contributed by atoms with Gasteiger partial charge in [0.05, 0.1) is 4.51 Å². The first-order valence-electron chi connectivity index (χ1n) is 5.57. The van der Waals surface area contributed by atoms with Crippen molar-refractivity contribution < 1.29 is 9.52 Å². The Kier molecular flexibility index (Phi) is 2.61. The average molecular weight is 254 g/mol. The Balaban J connectivity index is 2.38. The van der Waals surface area contributed by atoms with Gasteiger partial charge in [-0.05, 0) is 12.1 Å². The Morgan fingerprint density at radius 2 is 1.56 bits per heavy atom. The highest BCUT2D eigenvalue weighted by atomic mass is 32.1. The largest absolute Gasteiger partial charge is 0.503 e. The Morgan fingerprint density at radius 1 is 0.889 bits per heavy atom. The van der Waals surface area contributed by atoms with Gasteiger partial charge in [0.25, 0.3) is 0 Å². The Hall–Kier alpha value is -2.13. The van der Waals surface area contributed by atoms with Crippen LogP contribution in [0.4, 0.5) is 0 Å². The van der Waals surface area contributed by atoms with E-state index in [4.69, 9.17) is 16.6 Å². The van der Waals surface area contributed by atoms with Crippen LogP contribution in [0.2, 0.25) is 0 Å². The third kappa shape index (κ3) is 1.69. The minimum Gasteiger partial charge on any atom is -0.503 e. The quantitative estimate of drug-likeness (QED) is 0.647. The zero-order chi connectivity index (χ0) is 12.5. The third-order valence-electron chi connectivity index (χ3n) is 2.81. The molecule has 2 aromatic carbocycles. The fraction of sp³-hybridized carbons (Fsp3) is 0. The molecule has 0 atom stereocenters. The monoisotopic (exact) mass is 254 g/mol. The van der Waals surface area contributed by atoms with Crippen LogP contribution < -0.4 is 0 Å². The van der Waals surface area contributed by atoms with E-state index in [0.29, 0.717) is 15.9 Å². The number of hydrogen-bond acceptors (Lipinski definition) is 3. The van der Waals surface area contributed by atoms with E-state index in [-0.39, 0.29) is 5.75 Å². The zero-order valence-corrected chi connectivity index (χ0v) is 10.3. The number of fused-ring (bicyclic) bond motifs is 1. The van der Waals surface area contributed by atoms with Crippen LogP contribution in [0.15, 0.2) is 59.0 Å². The summed E-state index contributed by atoms with van der Waals surface area (Å²) < 4.78 is 6.17. The Morgan fingerprint density at radius 3 is 2.33 bits per heavy atom. The highest BCUT2D eigenvalue weighted by molar-refractivity contribution is 7.71. The van der Waals surface area contributed by atoms with Gasteiger partial charge in [0, 0.05) is 10.9 Å². The summed E-state index contributed by atoms with van der Waals surface area (Å²) in [5, 5.41) is 10.9. The van der Waals surface area contributed by atoms with Crippen molar-refractivity contribution in [2.75, 3.05) is 0 Å². The maximum absolute atomic E-state index is 10.2. The van der Waals surface area contributed by atoms with Crippen LogP contribution in [0.3, 0.4) is 0 Å². The smallest absolute Gasteiger partial charge is 0.178 e. The van der Waals surface area contributed by atoms with Gasteiger partial charge in [0.15, 0.2) is 11.5 Å². The molecule has 0 saturated heterocycles. The van der Waals surface area contributed by atoms with Gasteiger partial charge in [-0.2, -0.15) is 0 Å². The molecule has 1 aromatic heterocycles. The number of para-hydroxylation sites is 1. The summed E-state index contributed by atoms with van der Waals surface area (Å²) in [6, 6.07) is 16.9. The molecular formula is C15H10O2S. The molecule has 0 spiro atoms. The summed E-state index contributed by atoms with van der Waals surface area (Å²) in [4.78, 5) is 0. The van der Waals surface area contributed by atoms with Gasteiger partial charge in [0.1, 0.15) is 5.58 Å². The molecule has 3 heteroatoms. The van der Waals surface area contributed by atoms with Crippen molar-refractivity contribution in [2.24, 2.45) is 0 Å². The molecule has 0 aliphatic rings. The van der Waals surface area contributed by atoms with Crippen LogP contribution in [-0.4, -0.2) is 5.11 Å². The number of hydrogen-bond donors (Lipinski definition) is 1. The zero-order valence-electron chi connectivity index (χ0n) is 9.46. The normalized spacial score (nSPS) is 10.7. The lowest BCUT2D eigenvalue weighted by Gasteiger charge is -2.06. The molecule has 1 heterocycles. The van der Waals surface area contributed by atoms with Crippen LogP contribution in [0, 0.1) is 4.51 Å². The third-order valence-corrected chi connectivity index (χ3v) is 3.22. The summed E-state index contributed by atoms with van der Waals surface area (Å²) in [5.74, 6) is 0.439. The molecule has 0 aliphatic carbocycles. The van der Waals surface area contributed by atoms with Crippen LogP contribution in [-0.2, 0) is 0 Å². The van der Waals surface area contributed by atoms with Gasteiger partial charge < -0.3 is 9.52 Å². The first-order valence-corrected chi connectivity index (χ1v) is 5.98. The van der Waals surface area contributed by atoms with E-state index in [2.05, 4.69) is 0 Å². The van der Waals surface area contributed by atoms with Crippen molar-refractivity contribution in [3.05, 3.63) is 59.1 Å². The summed E-state index contributed by atoms with van der Waals surface area (Å²) >= 11 is 5.27. The van der Waals surface area contributed by atoms with Gasteiger partial charge >= 0.3 is 0 Å². The summed E-state index contributed by atoms with van der Waals surface area (Å²) in [6.45, 7) is 0. The van der Waals surface area contributed by atoms with Crippen LogP contribution in [0.5, 0.6) is 5.75 Å². The summed E-state index contributed by atoms with van der Waals surface area (Å²) in [7, 11) is 0. The molecule has 0 aliphatic heterocycles. The van der Waals surface area contributed by atoms with Gasteiger partial charge in [-0.15, -0.1) is 0 Å². The van der Waals surface area contributed by atoms with E-state index < -0.39 is 0 Å². The van der Waals surface area contributed by atoms with Crippen molar-refractivity contribution in [1.82, 2.24) is 0 Å². The second-order valence-electron chi connectivity index (χ2n) is 3.97. The van der Waals surface area contributed by atoms with Crippen molar-refractivity contribution in [2.45, 2.75) is 0 Å². The predicted octanol–water partition coefficient (Wildman–Crippen LogP) is 4.53. The standard InChI is InChI=1S/C15H10O2S/c16-13-14(10-6-2-1-3-7-10)17-12-9-5-4-8-11(12)15(13)18/h1-9,16H. The predicted molar refractivity (Wildman–Crippen MR) is 74.1 cm³/mol. The topological polar surface area (TPSA) is 33.4 Å². The number of rotatable bonds is 1. The molecule has 0 unspecified atom stereocenters. The highest BCUT2D eigenvalue weighted by Crippen LogP contribution is 2.34. The molecule has 0 bridgehead atoms. The molecule has 0 fully saturated rings. The van der Waals surface area contributed by atoms with Crippen LogP contribution >= 0.6 is 12.2 Å². The van der Waals surface area contributed by atoms with Gasteiger partial charge in [0.2, 0.25) is 0 Å². The molecule has 88 valence electrons. The maximum atomic E-state index is 10.2.